The smallest absolute Gasteiger partial charge is 0.419 e. The van der Waals surface area contributed by atoms with Gasteiger partial charge in [-0.25, -0.2) is 19.7 Å². The van der Waals surface area contributed by atoms with E-state index in [1.54, 1.807) is 12.4 Å². The number of aromatic nitrogens is 2. The average Bonchev–Trinajstić information content (AvgIpc) is 2.55. The van der Waals surface area contributed by atoms with Crippen LogP contribution >= 0.6 is 11.8 Å². The van der Waals surface area contributed by atoms with Crippen LogP contribution in [0.2, 0.25) is 0 Å². The van der Waals surface area contributed by atoms with Crippen LogP contribution in [-0.2, 0) is 4.74 Å². The lowest BCUT2D eigenvalue weighted by Crippen LogP contribution is -2.34. The SMILES string of the molecule is CSc1ncc(N(C(=O)OC(C)(C)C)c2ccc(OC(C)C)cc2)cn1. The summed E-state index contributed by atoms with van der Waals surface area (Å²) in [5, 5.41) is 0.638. The Labute approximate surface area is 158 Å². The molecule has 0 aliphatic rings. The van der Waals surface area contributed by atoms with Crippen molar-refractivity contribution < 1.29 is 14.3 Å². The first-order valence-electron chi connectivity index (χ1n) is 8.35. The maximum Gasteiger partial charge on any atom is 0.419 e. The number of carbonyl (C=O) groups is 1. The topological polar surface area (TPSA) is 64.6 Å². The Hall–Kier alpha value is -2.28. The summed E-state index contributed by atoms with van der Waals surface area (Å²) in [4.78, 5) is 22.8. The van der Waals surface area contributed by atoms with Gasteiger partial charge in [0.05, 0.1) is 29.9 Å². The molecule has 6 nitrogen and oxygen atoms in total. The zero-order valence-electron chi connectivity index (χ0n) is 16.0. The van der Waals surface area contributed by atoms with E-state index in [4.69, 9.17) is 9.47 Å². The molecular formula is C19H25N3O3S. The van der Waals surface area contributed by atoms with E-state index in [0.717, 1.165) is 5.75 Å². The molecule has 0 N–H and O–H groups in total. The van der Waals surface area contributed by atoms with Crippen molar-refractivity contribution in [3.8, 4) is 5.75 Å². The number of rotatable bonds is 5. The molecule has 1 aromatic heterocycles. The molecule has 7 heteroatoms. The highest BCUT2D eigenvalue weighted by atomic mass is 32.2. The zero-order valence-corrected chi connectivity index (χ0v) is 16.8. The molecule has 1 heterocycles. The molecule has 0 bridgehead atoms. The van der Waals surface area contributed by atoms with Gasteiger partial charge in [0.15, 0.2) is 5.16 Å². The third-order valence-electron chi connectivity index (χ3n) is 3.10. The first-order chi connectivity index (χ1) is 12.2. The molecule has 0 aliphatic carbocycles. The number of benzene rings is 1. The van der Waals surface area contributed by atoms with Crippen LogP contribution in [0.4, 0.5) is 16.2 Å². The molecule has 1 aromatic carbocycles. The summed E-state index contributed by atoms with van der Waals surface area (Å²) in [5.74, 6) is 0.738. The van der Waals surface area contributed by atoms with E-state index in [1.165, 1.54) is 16.7 Å². The quantitative estimate of drug-likeness (QED) is 0.538. The van der Waals surface area contributed by atoms with Gasteiger partial charge in [-0.15, -0.1) is 0 Å². The van der Waals surface area contributed by atoms with Gasteiger partial charge < -0.3 is 9.47 Å². The summed E-state index contributed by atoms with van der Waals surface area (Å²) in [6, 6.07) is 7.27. The van der Waals surface area contributed by atoms with Crippen molar-refractivity contribution in [1.82, 2.24) is 9.97 Å². The summed E-state index contributed by atoms with van der Waals surface area (Å²) >= 11 is 1.44. The monoisotopic (exact) mass is 375 g/mol. The van der Waals surface area contributed by atoms with Crippen molar-refractivity contribution in [1.29, 1.82) is 0 Å². The van der Waals surface area contributed by atoms with Gasteiger partial charge in [-0.1, -0.05) is 11.8 Å². The standard InChI is InChI=1S/C19H25N3O3S/c1-13(2)24-16-9-7-14(8-10-16)22(18(23)25-19(3,4)5)15-11-20-17(26-6)21-12-15/h7-13H,1-6H3. The molecule has 1 amide bonds. The van der Waals surface area contributed by atoms with Crippen LogP contribution in [-0.4, -0.2) is 34.0 Å². The highest BCUT2D eigenvalue weighted by Gasteiger charge is 2.25. The maximum atomic E-state index is 12.8. The maximum absolute atomic E-state index is 12.8. The summed E-state index contributed by atoms with van der Waals surface area (Å²) in [7, 11) is 0. The first kappa shape index (κ1) is 20.0. The van der Waals surface area contributed by atoms with Crippen LogP contribution in [0.5, 0.6) is 5.75 Å². The second-order valence-electron chi connectivity index (χ2n) is 6.90. The number of ether oxygens (including phenoxy) is 2. The Morgan fingerprint density at radius 1 is 1.08 bits per heavy atom. The molecule has 26 heavy (non-hydrogen) atoms. The van der Waals surface area contributed by atoms with Crippen LogP contribution in [0.3, 0.4) is 0 Å². The molecule has 0 saturated carbocycles. The van der Waals surface area contributed by atoms with Crippen molar-refractivity contribution in [3.05, 3.63) is 36.7 Å². The molecule has 0 unspecified atom stereocenters. The van der Waals surface area contributed by atoms with Crippen LogP contribution in [0.15, 0.2) is 41.8 Å². The summed E-state index contributed by atoms with van der Waals surface area (Å²) in [5.41, 5.74) is 0.571. The Morgan fingerprint density at radius 3 is 2.12 bits per heavy atom. The van der Waals surface area contributed by atoms with Gasteiger partial charge in [0, 0.05) is 0 Å². The van der Waals surface area contributed by atoms with E-state index < -0.39 is 11.7 Å². The average molecular weight is 375 g/mol. The first-order valence-corrected chi connectivity index (χ1v) is 9.58. The van der Waals surface area contributed by atoms with Gasteiger partial charge >= 0.3 is 6.09 Å². The van der Waals surface area contributed by atoms with Crippen LogP contribution in [0.1, 0.15) is 34.6 Å². The molecule has 140 valence electrons. The summed E-state index contributed by atoms with van der Waals surface area (Å²) < 4.78 is 11.2. The second-order valence-corrected chi connectivity index (χ2v) is 7.68. The Bertz CT molecular complexity index is 725. The van der Waals surface area contributed by atoms with Gasteiger partial charge in [0.1, 0.15) is 11.4 Å². The van der Waals surface area contributed by atoms with Gasteiger partial charge in [-0.05, 0) is 65.1 Å². The lowest BCUT2D eigenvalue weighted by Gasteiger charge is -2.27. The highest BCUT2D eigenvalue weighted by molar-refractivity contribution is 7.98. The number of thioether (sulfide) groups is 1. The zero-order chi connectivity index (χ0) is 19.3. The second kappa shape index (κ2) is 8.40. The van der Waals surface area contributed by atoms with E-state index in [1.807, 2.05) is 65.1 Å². The fourth-order valence-electron chi connectivity index (χ4n) is 2.14. The van der Waals surface area contributed by atoms with Crippen molar-refractivity contribution in [2.75, 3.05) is 11.2 Å². The molecule has 0 radical (unpaired) electrons. The minimum atomic E-state index is -0.615. The number of hydrogen-bond acceptors (Lipinski definition) is 6. The number of hydrogen-bond donors (Lipinski definition) is 0. The Morgan fingerprint density at radius 2 is 1.65 bits per heavy atom. The molecule has 2 aromatic rings. The van der Waals surface area contributed by atoms with Crippen molar-refractivity contribution in [2.45, 2.75) is 51.5 Å². The van der Waals surface area contributed by atoms with E-state index >= 15 is 0 Å². The summed E-state index contributed by atoms with van der Waals surface area (Å²) in [6.07, 6.45) is 4.71. The van der Waals surface area contributed by atoms with Gasteiger partial charge in [-0.3, -0.25) is 0 Å². The molecule has 0 saturated heterocycles. The van der Waals surface area contributed by atoms with E-state index in [-0.39, 0.29) is 6.10 Å². The lowest BCUT2D eigenvalue weighted by molar-refractivity contribution is 0.0599. The summed E-state index contributed by atoms with van der Waals surface area (Å²) in [6.45, 7) is 9.42. The minimum Gasteiger partial charge on any atom is -0.491 e. The number of amides is 1. The van der Waals surface area contributed by atoms with Crippen LogP contribution < -0.4 is 9.64 Å². The van der Waals surface area contributed by atoms with Gasteiger partial charge in [-0.2, -0.15) is 0 Å². The number of anilines is 2. The van der Waals surface area contributed by atoms with Crippen molar-refractivity contribution >= 4 is 29.2 Å². The van der Waals surface area contributed by atoms with Crippen molar-refractivity contribution in [3.63, 3.8) is 0 Å². The third-order valence-corrected chi connectivity index (χ3v) is 3.67. The van der Waals surface area contributed by atoms with E-state index in [9.17, 15) is 4.79 Å². The number of carbonyl (C=O) groups excluding carboxylic acids is 1. The molecule has 0 spiro atoms. The van der Waals surface area contributed by atoms with E-state index in [0.29, 0.717) is 16.5 Å². The lowest BCUT2D eigenvalue weighted by atomic mass is 10.2. The molecule has 2 rings (SSSR count). The van der Waals surface area contributed by atoms with Crippen molar-refractivity contribution in [2.24, 2.45) is 0 Å². The third kappa shape index (κ3) is 5.62. The fourth-order valence-corrected chi connectivity index (χ4v) is 2.46. The molecule has 0 aliphatic heterocycles. The number of nitrogens with zero attached hydrogens (tertiary/aromatic N) is 3. The highest BCUT2D eigenvalue weighted by Crippen LogP contribution is 2.29. The normalized spacial score (nSPS) is 11.3. The van der Waals surface area contributed by atoms with Gasteiger partial charge in [0.25, 0.3) is 0 Å². The fraction of sp³-hybridized carbons (Fsp3) is 0.421. The Balaban J connectivity index is 2.37. The molecular weight excluding hydrogens is 350 g/mol. The predicted molar refractivity (Wildman–Crippen MR) is 104 cm³/mol. The van der Waals surface area contributed by atoms with Crippen LogP contribution in [0.25, 0.3) is 0 Å². The van der Waals surface area contributed by atoms with Crippen LogP contribution in [0, 0.1) is 0 Å². The Kier molecular flexibility index (Phi) is 6.47. The van der Waals surface area contributed by atoms with Gasteiger partial charge in [0.2, 0.25) is 0 Å². The molecule has 0 atom stereocenters. The molecule has 0 fully saturated rings. The minimum absolute atomic E-state index is 0.0790. The van der Waals surface area contributed by atoms with E-state index in [2.05, 4.69) is 9.97 Å². The largest absolute Gasteiger partial charge is 0.491 e. The predicted octanol–water partition coefficient (Wildman–Crippen LogP) is 5.06.